The lowest BCUT2D eigenvalue weighted by atomic mass is 9.89. The van der Waals surface area contributed by atoms with Gasteiger partial charge in [0.1, 0.15) is 0 Å². The monoisotopic (exact) mass is 306 g/mol. The van der Waals surface area contributed by atoms with Crippen LogP contribution >= 0.6 is 11.6 Å². The fourth-order valence-corrected chi connectivity index (χ4v) is 3.93. The van der Waals surface area contributed by atoms with E-state index in [1.807, 2.05) is 12.1 Å². The van der Waals surface area contributed by atoms with Gasteiger partial charge in [0.2, 0.25) is 5.91 Å². The molecule has 2 aliphatic rings. The molecule has 1 aromatic rings. The van der Waals surface area contributed by atoms with Gasteiger partial charge < -0.3 is 5.32 Å². The molecule has 4 heteroatoms. The lowest BCUT2D eigenvalue weighted by molar-refractivity contribution is -0.119. The second kappa shape index (κ2) is 6.37. The Kier molecular flexibility index (Phi) is 4.51. The van der Waals surface area contributed by atoms with Crippen molar-refractivity contribution in [2.75, 3.05) is 13.1 Å². The summed E-state index contributed by atoms with van der Waals surface area (Å²) >= 11 is 6.05. The lowest BCUT2D eigenvalue weighted by Crippen LogP contribution is -2.44. The van der Waals surface area contributed by atoms with Gasteiger partial charge in [-0.3, -0.25) is 9.69 Å². The molecule has 2 saturated heterocycles. The highest BCUT2D eigenvalue weighted by Crippen LogP contribution is 2.29. The minimum absolute atomic E-state index is 0.216. The van der Waals surface area contributed by atoms with Crippen molar-refractivity contribution in [2.45, 2.75) is 45.2 Å². The molecule has 3 rings (SSSR count). The minimum Gasteiger partial charge on any atom is -0.356 e. The molecular formula is C17H23ClN2O. The van der Waals surface area contributed by atoms with Gasteiger partial charge in [0.05, 0.1) is 0 Å². The molecule has 1 N–H and O–H groups in total. The van der Waals surface area contributed by atoms with Gasteiger partial charge in [-0.05, 0) is 49.6 Å². The second-order valence-corrected chi connectivity index (χ2v) is 6.81. The third kappa shape index (κ3) is 3.41. The largest absolute Gasteiger partial charge is 0.356 e. The van der Waals surface area contributed by atoms with Crippen LogP contribution in [-0.4, -0.2) is 29.9 Å². The van der Waals surface area contributed by atoms with Crippen LogP contribution in [0.3, 0.4) is 0 Å². The van der Waals surface area contributed by atoms with Gasteiger partial charge in [-0.1, -0.05) is 24.1 Å². The zero-order valence-corrected chi connectivity index (χ0v) is 13.3. The Morgan fingerprint density at radius 3 is 2.95 bits per heavy atom. The van der Waals surface area contributed by atoms with Gasteiger partial charge >= 0.3 is 0 Å². The maximum Gasteiger partial charge on any atom is 0.220 e. The Hall–Kier alpha value is -1.06. The van der Waals surface area contributed by atoms with E-state index in [2.05, 4.69) is 23.2 Å². The van der Waals surface area contributed by atoms with E-state index in [1.165, 1.54) is 30.4 Å². The summed E-state index contributed by atoms with van der Waals surface area (Å²) in [6, 6.07) is 6.69. The number of benzene rings is 1. The Morgan fingerprint density at radius 1 is 1.38 bits per heavy atom. The van der Waals surface area contributed by atoms with Crippen LogP contribution < -0.4 is 5.32 Å². The molecule has 0 aromatic heterocycles. The molecule has 114 valence electrons. The molecular weight excluding hydrogens is 284 g/mol. The Balaban J connectivity index is 1.73. The number of amides is 1. The summed E-state index contributed by atoms with van der Waals surface area (Å²) in [5.41, 5.74) is 2.61. The van der Waals surface area contributed by atoms with Crippen molar-refractivity contribution >= 4 is 17.5 Å². The number of rotatable bonds is 3. The molecule has 0 aliphatic carbocycles. The summed E-state index contributed by atoms with van der Waals surface area (Å²) in [5.74, 6) is 0.693. The summed E-state index contributed by atoms with van der Waals surface area (Å²) < 4.78 is 0. The number of aryl methyl sites for hydroxylation is 1. The first kappa shape index (κ1) is 14.9. The number of carbonyl (C=O) groups is 1. The smallest absolute Gasteiger partial charge is 0.220 e. The summed E-state index contributed by atoms with van der Waals surface area (Å²) in [7, 11) is 0. The van der Waals surface area contributed by atoms with Gasteiger partial charge in [-0.25, -0.2) is 0 Å². The fourth-order valence-electron chi connectivity index (χ4n) is 3.70. The quantitative estimate of drug-likeness (QED) is 0.930. The molecule has 21 heavy (non-hydrogen) atoms. The highest BCUT2D eigenvalue weighted by Gasteiger charge is 2.34. The van der Waals surface area contributed by atoms with Crippen molar-refractivity contribution in [3.63, 3.8) is 0 Å². The zero-order valence-electron chi connectivity index (χ0n) is 12.6. The van der Waals surface area contributed by atoms with Crippen LogP contribution in [0.25, 0.3) is 0 Å². The summed E-state index contributed by atoms with van der Waals surface area (Å²) in [5, 5.41) is 3.79. The van der Waals surface area contributed by atoms with E-state index in [-0.39, 0.29) is 5.91 Å². The van der Waals surface area contributed by atoms with Crippen LogP contribution in [0.15, 0.2) is 18.2 Å². The van der Waals surface area contributed by atoms with Crippen LogP contribution in [0.5, 0.6) is 0 Å². The van der Waals surface area contributed by atoms with Gasteiger partial charge in [0, 0.05) is 36.5 Å². The molecule has 1 amide bonds. The predicted octanol–water partition coefficient (Wildman–Crippen LogP) is 3.14. The maximum atomic E-state index is 11.5. The molecule has 2 aliphatic heterocycles. The minimum atomic E-state index is 0.216. The van der Waals surface area contributed by atoms with Crippen LogP contribution in [-0.2, 0) is 11.3 Å². The molecule has 3 nitrogen and oxygen atoms in total. The molecule has 0 radical (unpaired) electrons. The average molecular weight is 307 g/mol. The molecule has 0 unspecified atom stereocenters. The van der Waals surface area contributed by atoms with Crippen molar-refractivity contribution in [1.82, 2.24) is 10.2 Å². The van der Waals surface area contributed by atoms with E-state index >= 15 is 0 Å². The molecule has 0 saturated carbocycles. The van der Waals surface area contributed by atoms with Gasteiger partial charge in [-0.15, -0.1) is 0 Å². The summed E-state index contributed by atoms with van der Waals surface area (Å²) in [6.45, 7) is 5.08. The van der Waals surface area contributed by atoms with Crippen LogP contribution in [0.4, 0.5) is 0 Å². The third-order valence-corrected chi connectivity index (χ3v) is 5.13. The van der Waals surface area contributed by atoms with Crippen molar-refractivity contribution in [3.05, 3.63) is 34.3 Å². The summed E-state index contributed by atoms with van der Waals surface area (Å²) in [4.78, 5) is 14.1. The van der Waals surface area contributed by atoms with Crippen LogP contribution in [0.2, 0.25) is 5.02 Å². The Bertz CT molecular complexity index is 532. The molecule has 2 atom stereocenters. The van der Waals surface area contributed by atoms with E-state index in [4.69, 9.17) is 11.6 Å². The Morgan fingerprint density at radius 2 is 2.24 bits per heavy atom. The third-order valence-electron chi connectivity index (χ3n) is 4.90. The number of likely N-dealkylation sites (tertiary alicyclic amines) is 1. The second-order valence-electron chi connectivity index (χ2n) is 6.37. The fraction of sp³-hybridized carbons (Fsp3) is 0.588. The topological polar surface area (TPSA) is 32.3 Å². The number of hydrogen-bond donors (Lipinski definition) is 1. The molecule has 1 aromatic carbocycles. The highest BCUT2D eigenvalue weighted by molar-refractivity contribution is 6.30. The molecule has 0 spiro atoms. The number of nitrogens with zero attached hydrogens (tertiary/aromatic N) is 1. The van der Waals surface area contributed by atoms with Gasteiger partial charge in [0.15, 0.2) is 0 Å². The standard InChI is InChI=1S/C17H23ClN2O/c1-12-8-15(18)6-5-13(12)11-20-7-3-2-4-16(20)14-9-17(21)19-10-14/h5-6,8,14,16H,2-4,7,9-11H2,1H3,(H,19,21)/t14-,16-/m1/s1. The Labute approximate surface area is 131 Å². The van der Waals surface area contributed by atoms with Crippen molar-refractivity contribution in [3.8, 4) is 0 Å². The zero-order chi connectivity index (χ0) is 14.8. The number of nitrogens with one attached hydrogen (secondary N) is 1. The van der Waals surface area contributed by atoms with Gasteiger partial charge in [0.25, 0.3) is 0 Å². The van der Waals surface area contributed by atoms with Crippen LogP contribution in [0, 0.1) is 12.8 Å². The maximum absolute atomic E-state index is 11.5. The molecule has 0 bridgehead atoms. The normalized spacial score (nSPS) is 26.9. The highest BCUT2D eigenvalue weighted by atomic mass is 35.5. The van der Waals surface area contributed by atoms with Crippen LogP contribution in [0.1, 0.15) is 36.8 Å². The number of hydrogen-bond acceptors (Lipinski definition) is 2. The van der Waals surface area contributed by atoms with Gasteiger partial charge in [-0.2, -0.15) is 0 Å². The molecule has 2 fully saturated rings. The van der Waals surface area contributed by atoms with E-state index in [0.717, 1.165) is 24.7 Å². The van der Waals surface area contributed by atoms with Crippen molar-refractivity contribution in [1.29, 1.82) is 0 Å². The van der Waals surface area contributed by atoms with Crippen molar-refractivity contribution in [2.24, 2.45) is 5.92 Å². The SMILES string of the molecule is Cc1cc(Cl)ccc1CN1CCCC[C@@H]1[C@H]1CNC(=O)C1. The molecule has 2 heterocycles. The number of carbonyl (C=O) groups excluding carboxylic acids is 1. The first-order chi connectivity index (χ1) is 10.1. The van der Waals surface area contributed by atoms with E-state index in [1.54, 1.807) is 0 Å². The first-order valence-electron chi connectivity index (χ1n) is 7.89. The van der Waals surface area contributed by atoms with E-state index < -0.39 is 0 Å². The summed E-state index contributed by atoms with van der Waals surface area (Å²) in [6.07, 6.45) is 4.45. The number of piperidine rings is 1. The average Bonchev–Trinajstić information content (AvgIpc) is 2.89. The number of halogens is 1. The first-order valence-corrected chi connectivity index (χ1v) is 8.27. The van der Waals surface area contributed by atoms with E-state index in [0.29, 0.717) is 18.4 Å². The van der Waals surface area contributed by atoms with Crippen molar-refractivity contribution < 1.29 is 4.79 Å². The predicted molar refractivity (Wildman–Crippen MR) is 85.4 cm³/mol. The lowest BCUT2D eigenvalue weighted by Gasteiger charge is -2.39. The van der Waals surface area contributed by atoms with E-state index in [9.17, 15) is 4.79 Å².